The second-order valence-electron chi connectivity index (χ2n) is 18.3. The molecule has 12 heteroatoms. The molecule has 0 aromatic rings. The Hall–Kier alpha value is -5.79. The molecule has 65 heavy (non-hydrogen) atoms. The van der Waals surface area contributed by atoms with Crippen molar-refractivity contribution < 1.29 is 58.9 Å². The molecule has 0 aromatic carbocycles. The highest BCUT2D eigenvalue weighted by molar-refractivity contribution is 6.01. The number of esters is 1. The van der Waals surface area contributed by atoms with Gasteiger partial charge in [-0.1, -0.05) is 142 Å². The normalized spacial score (nSPS) is 26.0. The van der Waals surface area contributed by atoms with Gasteiger partial charge in [0, 0.05) is 6.08 Å². The third-order valence-corrected chi connectivity index (χ3v) is 11.8. The van der Waals surface area contributed by atoms with E-state index in [0.717, 1.165) is 39.5 Å². The summed E-state index contributed by atoms with van der Waals surface area (Å²) in [4.78, 5) is 37.9. The standard InChI is InChI=1S/C53H66O12/c1-31(18-14-20-33(3)22-24-38-35(5)46(57)44(27-52(38,8)9)62-29-41(55)43-26-40(54)51(61)65-43)16-12-13-17-32(2)19-15-21-34(4)23-25-39-36(6)47(58)45(28-53(39,10)11)63-30-42(56)50-49(60)48(59)37(7)64-50/h12-26,41-45,50,54-56,59-60H,7,27-30H2,1-6,8-11H3/b13-12+,18-14+,19-15+,24-22+,25-23+,31-16+,32-17+,33-20+,34-21+. The van der Waals surface area contributed by atoms with Crippen LogP contribution in [-0.2, 0) is 33.3 Å². The molecule has 5 N–H and O–H groups in total. The van der Waals surface area contributed by atoms with Gasteiger partial charge in [0.1, 0.15) is 24.4 Å². The third kappa shape index (κ3) is 13.9. The maximum Gasteiger partial charge on any atom is 0.373 e. The van der Waals surface area contributed by atoms with Crippen LogP contribution in [0, 0.1) is 10.8 Å². The maximum absolute atomic E-state index is 13.3. The fourth-order valence-corrected chi connectivity index (χ4v) is 7.88. The van der Waals surface area contributed by atoms with Crippen molar-refractivity contribution >= 4 is 17.5 Å². The van der Waals surface area contributed by atoms with Crippen LogP contribution in [-0.4, -0.2) is 92.9 Å². The number of hydrogen-bond acceptors (Lipinski definition) is 12. The quantitative estimate of drug-likeness (QED) is 0.0649. The second kappa shape index (κ2) is 22.4. The van der Waals surface area contributed by atoms with Gasteiger partial charge in [-0.2, -0.15) is 0 Å². The molecule has 2 aliphatic heterocycles. The molecule has 0 radical (unpaired) electrons. The molecule has 6 atom stereocenters. The topological polar surface area (TPSA) is 189 Å². The lowest BCUT2D eigenvalue weighted by molar-refractivity contribution is -0.150. The predicted octanol–water partition coefficient (Wildman–Crippen LogP) is 9.28. The van der Waals surface area contributed by atoms with E-state index in [9.17, 15) is 39.9 Å². The number of rotatable bonds is 18. The van der Waals surface area contributed by atoms with Crippen LogP contribution < -0.4 is 0 Å². The summed E-state index contributed by atoms with van der Waals surface area (Å²) in [5, 5.41) is 50.1. The molecule has 0 amide bonds. The number of carbonyl (C=O) groups is 3. The monoisotopic (exact) mass is 894 g/mol. The molecule has 0 spiro atoms. The SMILES string of the molecule is C=C1OC(C(O)COC2CC(C)(C)C(/C=C/C(C)=C/C=C/C(C)=C/C=C/C=C(C)/C=C/C=C(C)/C=C/C3=C(C)C(=O)C(OCC(O)C4C=C(O)C(=O)O4)CC3(C)C)=C(C)C2=O)C(O)=C1O. The number of aliphatic hydroxyl groups is 5. The van der Waals surface area contributed by atoms with Crippen molar-refractivity contribution in [3.8, 4) is 0 Å². The summed E-state index contributed by atoms with van der Waals surface area (Å²) in [5.41, 5.74) is 6.35. The summed E-state index contributed by atoms with van der Waals surface area (Å²) in [6.07, 6.45) is 23.5. The highest BCUT2D eigenvalue weighted by Gasteiger charge is 2.42. The zero-order valence-electron chi connectivity index (χ0n) is 39.3. The zero-order valence-corrected chi connectivity index (χ0v) is 39.3. The molecule has 4 aliphatic rings. The van der Waals surface area contributed by atoms with E-state index in [1.165, 1.54) is 0 Å². The zero-order chi connectivity index (χ0) is 48.4. The minimum atomic E-state index is -1.31. The third-order valence-electron chi connectivity index (χ3n) is 11.8. The lowest BCUT2D eigenvalue weighted by Crippen LogP contribution is -2.41. The smallest absolute Gasteiger partial charge is 0.373 e. The van der Waals surface area contributed by atoms with Crippen LogP contribution in [0.15, 0.2) is 165 Å². The molecule has 0 saturated heterocycles. The van der Waals surface area contributed by atoms with Crippen LogP contribution >= 0.6 is 0 Å². The number of hydrogen-bond donors (Lipinski definition) is 5. The van der Waals surface area contributed by atoms with E-state index < -0.39 is 65.3 Å². The summed E-state index contributed by atoms with van der Waals surface area (Å²) in [5.74, 6) is -2.95. The fourth-order valence-electron chi connectivity index (χ4n) is 7.88. The van der Waals surface area contributed by atoms with Crippen LogP contribution in [0.4, 0.5) is 0 Å². The van der Waals surface area contributed by atoms with Crippen LogP contribution in [0.1, 0.15) is 82.1 Å². The van der Waals surface area contributed by atoms with Crippen molar-refractivity contribution in [3.05, 3.63) is 165 Å². The second-order valence-corrected chi connectivity index (χ2v) is 18.3. The predicted molar refractivity (Wildman–Crippen MR) is 251 cm³/mol. The van der Waals surface area contributed by atoms with Gasteiger partial charge in [-0.3, -0.25) is 9.59 Å². The number of allylic oxidation sites excluding steroid dienone is 20. The molecule has 2 heterocycles. The van der Waals surface area contributed by atoms with E-state index in [-0.39, 0.29) is 36.0 Å². The summed E-state index contributed by atoms with van der Waals surface area (Å²) in [7, 11) is 0. The van der Waals surface area contributed by atoms with Crippen LogP contribution in [0.5, 0.6) is 0 Å². The highest BCUT2D eigenvalue weighted by Crippen LogP contribution is 2.42. The minimum Gasteiger partial charge on any atom is -0.505 e. The molecule has 6 unspecified atom stereocenters. The molecule has 0 bridgehead atoms. The Morgan fingerprint density at radius 3 is 1.51 bits per heavy atom. The van der Waals surface area contributed by atoms with Crippen molar-refractivity contribution in [2.75, 3.05) is 13.2 Å². The molecule has 0 aromatic heterocycles. The first kappa shape index (κ1) is 51.8. The van der Waals surface area contributed by atoms with Crippen molar-refractivity contribution in [2.45, 2.75) is 119 Å². The maximum atomic E-state index is 13.3. The van der Waals surface area contributed by atoms with E-state index in [4.69, 9.17) is 18.9 Å². The average Bonchev–Trinajstić information content (AvgIpc) is 3.71. The Labute approximate surface area is 383 Å². The van der Waals surface area contributed by atoms with Gasteiger partial charge in [-0.05, 0) is 87.5 Å². The lowest BCUT2D eigenvalue weighted by Gasteiger charge is -2.37. The Bertz CT molecular complexity index is 2290. The molecular formula is C53H66O12. The van der Waals surface area contributed by atoms with Gasteiger partial charge in [0.05, 0.1) is 13.2 Å². The van der Waals surface area contributed by atoms with Crippen molar-refractivity contribution in [3.63, 3.8) is 0 Å². The highest BCUT2D eigenvalue weighted by atomic mass is 16.6. The molecule has 0 saturated carbocycles. The largest absolute Gasteiger partial charge is 0.505 e. The molecule has 12 nitrogen and oxygen atoms in total. The summed E-state index contributed by atoms with van der Waals surface area (Å²) in [6.45, 7) is 22.7. The van der Waals surface area contributed by atoms with Crippen LogP contribution in [0.3, 0.4) is 0 Å². The van der Waals surface area contributed by atoms with E-state index in [0.29, 0.717) is 24.0 Å². The van der Waals surface area contributed by atoms with Gasteiger partial charge >= 0.3 is 5.97 Å². The summed E-state index contributed by atoms with van der Waals surface area (Å²) >= 11 is 0. The summed E-state index contributed by atoms with van der Waals surface area (Å²) in [6, 6.07) is 0. The van der Waals surface area contributed by atoms with Gasteiger partial charge in [0.15, 0.2) is 41.1 Å². The number of cyclic esters (lactones) is 1. The average molecular weight is 895 g/mol. The van der Waals surface area contributed by atoms with Crippen molar-refractivity contribution in [1.82, 2.24) is 0 Å². The van der Waals surface area contributed by atoms with Crippen molar-refractivity contribution in [1.29, 1.82) is 0 Å². The minimum absolute atomic E-state index is 0.135. The number of ketones is 2. The number of carbonyl (C=O) groups excluding carboxylic acids is 3. The first-order valence-electron chi connectivity index (χ1n) is 21.7. The Morgan fingerprint density at radius 2 is 1.11 bits per heavy atom. The van der Waals surface area contributed by atoms with E-state index in [1.54, 1.807) is 13.8 Å². The molecule has 2 aliphatic carbocycles. The Morgan fingerprint density at radius 1 is 0.692 bits per heavy atom. The van der Waals surface area contributed by atoms with Gasteiger partial charge in [-0.15, -0.1) is 0 Å². The molecule has 350 valence electrons. The van der Waals surface area contributed by atoms with E-state index >= 15 is 0 Å². The van der Waals surface area contributed by atoms with Crippen molar-refractivity contribution in [2.24, 2.45) is 10.8 Å². The van der Waals surface area contributed by atoms with E-state index in [1.807, 2.05) is 140 Å². The number of ether oxygens (including phenoxy) is 4. The first-order chi connectivity index (χ1) is 30.4. The van der Waals surface area contributed by atoms with E-state index in [2.05, 4.69) is 6.58 Å². The first-order valence-corrected chi connectivity index (χ1v) is 21.7. The summed E-state index contributed by atoms with van der Waals surface area (Å²) < 4.78 is 21.8. The molecular weight excluding hydrogens is 829 g/mol. The lowest BCUT2D eigenvalue weighted by atomic mass is 9.71. The van der Waals surface area contributed by atoms with Gasteiger partial charge in [-0.25, -0.2) is 4.79 Å². The Balaban J connectivity index is 1.26. The van der Waals surface area contributed by atoms with Crippen LogP contribution in [0.2, 0.25) is 0 Å². The molecule has 4 rings (SSSR count). The van der Waals surface area contributed by atoms with Gasteiger partial charge in [0.2, 0.25) is 5.76 Å². The van der Waals surface area contributed by atoms with Crippen LogP contribution in [0.25, 0.3) is 0 Å². The fraction of sp³-hybridized carbons (Fsp3) is 0.415. The van der Waals surface area contributed by atoms with Gasteiger partial charge in [0.25, 0.3) is 0 Å². The Kier molecular flexibility index (Phi) is 17.9. The number of aliphatic hydroxyl groups excluding tert-OH is 5. The molecule has 0 fully saturated rings. The number of Topliss-reactive ketones (excluding diaryl/α,β-unsaturated/α-hetero) is 2. The van der Waals surface area contributed by atoms with Gasteiger partial charge < -0.3 is 44.5 Å².